The molecule has 18 heavy (non-hydrogen) atoms. The lowest BCUT2D eigenvalue weighted by Gasteiger charge is -2.26. The highest BCUT2D eigenvalue weighted by Gasteiger charge is 2.16. The number of hydrogen-bond donors (Lipinski definition) is 1. The molecule has 1 aromatic carbocycles. The minimum Gasteiger partial charge on any atom is -0.465 e. The summed E-state index contributed by atoms with van der Waals surface area (Å²) >= 11 is 0. The Kier molecular flexibility index (Phi) is 4.18. The molecule has 0 aliphatic heterocycles. The quantitative estimate of drug-likeness (QED) is 0.879. The minimum absolute atomic E-state index is 0.219. The number of furan rings is 1. The van der Waals surface area contributed by atoms with Crippen molar-refractivity contribution in [2.75, 3.05) is 13.6 Å². The van der Waals surface area contributed by atoms with E-state index in [9.17, 15) is 0 Å². The average molecular weight is 244 g/mol. The monoisotopic (exact) mass is 244 g/mol. The summed E-state index contributed by atoms with van der Waals surface area (Å²) in [5.41, 5.74) is 7.13. The number of hydrogen-bond acceptors (Lipinski definition) is 3. The maximum atomic E-state index is 5.89. The SMILES string of the molecule is Cc1ccc(CN(C)C(CN)c2ccccc2)o1. The van der Waals surface area contributed by atoms with Crippen LogP contribution in [0.5, 0.6) is 0 Å². The Hall–Kier alpha value is -1.58. The van der Waals surface area contributed by atoms with Gasteiger partial charge in [-0.25, -0.2) is 0 Å². The molecule has 0 aliphatic carbocycles. The molecule has 2 rings (SSSR count). The van der Waals surface area contributed by atoms with E-state index in [0.29, 0.717) is 6.54 Å². The van der Waals surface area contributed by atoms with Gasteiger partial charge >= 0.3 is 0 Å². The first kappa shape index (κ1) is 12.9. The fraction of sp³-hybridized carbons (Fsp3) is 0.333. The molecule has 0 fully saturated rings. The normalized spacial score (nSPS) is 12.9. The van der Waals surface area contributed by atoms with Crippen LogP contribution in [0.25, 0.3) is 0 Å². The number of nitrogens with zero attached hydrogens (tertiary/aromatic N) is 1. The predicted octanol–water partition coefficient (Wildman–Crippen LogP) is 2.72. The molecule has 0 saturated carbocycles. The molecule has 0 saturated heterocycles. The van der Waals surface area contributed by atoms with E-state index in [1.54, 1.807) is 0 Å². The van der Waals surface area contributed by atoms with Gasteiger partial charge in [-0.2, -0.15) is 0 Å². The summed E-state index contributed by atoms with van der Waals surface area (Å²) in [7, 11) is 2.07. The van der Waals surface area contributed by atoms with E-state index in [4.69, 9.17) is 10.2 Å². The van der Waals surface area contributed by atoms with Crippen LogP contribution >= 0.6 is 0 Å². The molecule has 2 aromatic rings. The molecule has 1 aromatic heterocycles. The van der Waals surface area contributed by atoms with Gasteiger partial charge in [-0.15, -0.1) is 0 Å². The molecule has 0 radical (unpaired) electrons. The van der Waals surface area contributed by atoms with Gasteiger partial charge in [0.15, 0.2) is 0 Å². The molecule has 1 unspecified atom stereocenters. The summed E-state index contributed by atoms with van der Waals surface area (Å²) < 4.78 is 5.60. The second-order valence-corrected chi connectivity index (χ2v) is 4.59. The Morgan fingerprint density at radius 2 is 1.89 bits per heavy atom. The van der Waals surface area contributed by atoms with Crippen LogP contribution < -0.4 is 5.73 Å². The molecule has 3 nitrogen and oxygen atoms in total. The van der Waals surface area contributed by atoms with Crippen LogP contribution in [-0.4, -0.2) is 18.5 Å². The van der Waals surface area contributed by atoms with E-state index >= 15 is 0 Å². The van der Waals surface area contributed by atoms with Gasteiger partial charge in [0.2, 0.25) is 0 Å². The zero-order chi connectivity index (χ0) is 13.0. The van der Waals surface area contributed by atoms with Crippen LogP contribution in [0, 0.1) is 6.92 Å². The highest BCUT2D eigenvalue weighted by atomic mass is 16.3. The van der Waals surface area contributed by atoms with E-state index in [1.165, 1.54) is 5.56 Å². The topological polar surface area (TPSA) is 42.4 Å². The van der Waals surface area contributed by atoms with E-state index in [1.807, 2.05) is 37.3 Å². The third kappa shape index (κ3) is 3.00. The molecule has 96 valence electrons. The third-order valence-electron chi connectivity index (χ3n) is 3.14. The Labute approximate surface area is 108 Å². The number of rotatable bonds is 5. The zero-order valence-electron chi connectivity index (χ0n) is 11.0. The molecule has 0 aliphatic rings. The van der Waals surface area contributed by atoms with Crippen molar-refractivity contribution in [3.8, 4) is 0 Å². The molecule has 0 spiro atoms. The smallest absolute Gasteiger partial charge is 0.118 e. The van der Waals surface area contributed by atoms with Crippen molar-refractivity contribution in [1.29, 1.82) is 0 Å². The Balaban J connectivity index is 2.08. The molecule has 2 N–H and O–H groups in total. The van der Waals surface area contributed by atoms with Crippen molar-refractivity contribution in [1.82, 2.24) is 4.90 Å². The maximum Gasteiger partial charge on any atom is 0.118 e. The first-order valence-electron chi connectivity index (χ1n) is 6.21. The van der Waals surface area contributed by atoms with Gasteiger partial charge < -0.3 is 10.2 Å². The molecule has 1 atom stereocenters. The predicted molar refractivity (Wildman–Crippen MR) is 73.1 cm³/mol. The van der Waals surface area contributed by atoms with E-state index in [-0.39, 0.29) is 6.04 Å². The van der Waals surface area contributed by atoms with Crippen LogP contribution in [0.15, 0.2) is 46.9 Å². The maximum absolute atomic E-state index is 5.89. The highest BCUT2D eigenvalue weighted by molar-refractivity contribution is 5.19. The summed E-state index contributed by atoms with van der Waals surface area (Å²) in [6, 6.07) is 14.6. The van der Waals surface area contributed by atoms with E-state index in [2.05, 4.69) is 24.1 Å². The molecule has 0 bridgehead atoms. The number of aryl methyl sites for hydroxylation is 1. The van der Waals surface area contributed by atoms with Crippen LogP contribution in [0.1, 0.15) is 23.1 Å². The molecule has 0 amide bonds. The van der Waals surface area contributed by atoms with Gasteiger partial charge in [0, 0.05) is 12.6 Å². The van der Waals surface area contributed by atoms with Gasteiger partial charge in [-0.1, -0.05) is 30.3 Å². The molecular weight excluding hydrogens is 224 g/mol. The average Bonchev–Trinajstić information content (AvgIpc) is 2.77. The van der Waals surface area contributed by atoms with Crippen molar-refractivity contribution in [3.05, 3.63) is 59.5 Å². The fourth-order valence-corrected chi connectivity index (χ4v) is 2.17. The molecule has 3 heteroatoms. The number of nitrogens with two attached hydrogens (primary N) is 1. The number of benzene rings is 1. The lowest BCUT2D eigenvalue weighted by molar-refractivity contribution is 0.221. The van der Waals surface area contributed by atoms with Crippen molar-refractivity contribution in [2.45, 2.75) is 19.5 Å². The second-order valence-electron chi connectivity index (χ2n) is 4.59. The minimum atomic E-state index is 0.219. The zero-order valence-corrected chi connectivity index (χ0v) is 11.0. The second kappa shape index (κ2) is 5.85. The van der Waals surface area contributed by atoms with Crippen LogP contribution in [0.3, 0.4) is 0 Å². The summed E-state index contributed by atoms with van der Waals surface area (Å²) in [4.78, 5) is 2.22. The van der Waals surface area contributed by atoms with E-state index in [0.717, 1.165) is 18.1 Å². The van der Waals surface area contributed by atoms with Crippen LogP contribution in [0.2, 0.25) is 0 Å². The van der Waals surface area contributed by atoms with Crippen LogP contribution in [-0.2, 0) is 6.54 Å². The van der Waals surface area contributed by atoms with Crippen molar-refractivity contribution in [3.63, 3.8) is 0 Å². The Bertz CT molecular complexity index is 478. The Morgan fingerprint density at radius 3 is 2.44 bits per heavy atom. The van der Waals surface area contributed by atoms with E-state index < -0.39 is 0 Å². The lowest BCUT2D eigenvalue weighted by atomic mass is 10.1. The van der Waals surface area contributed by atoms with Crippen molar-refractivity contribution < 1.29 is 4.42 Å². The van der Waals surface area contributed by atoms with Gasteiger partial charge in [0.05, 0.1) is 6.54 Å². The van der Waals surface area contributed by atoms with Gasteiger partial charge in [0.25, 0.3) is 0 Å². The summed E-state index contributed by atoms with van der Waals surface area (Å²) in [5.74, 6) is 1.92. The van der Waals surface area contributed by atoms with Gasteiger partial charge in [-0.3, -0.25) is 4.90 Å². The molecule has 1 heterocycles. The van der Waals surface area contributed by atoms with Crippen LogP contribution in [0.4, 0.5) is 0 Å². The lowest BCUT2D eigenvalue weighted by Crippen LogP contribution is -2.30. The highest BCUT2D eigenvalue weighted by Crippen LogP contribution is 2.20. The van der Waals surface area contributed by atoms with Gasteiger partial charge in [-0.05, 0) is 31.7 Å². The molecular formula is C15H20N2O. The summed E-state index contributed by atoms with van der Waals surface area (Å²) in [6.45, 7) is 3.33. The van der Waals surface area contributed by atoms with Gasteiger partial charge in [0.1, 0.15) is 11.5 Å². The standard InChI is InChI=1S/C15H20N2O/c1-12-8-9-14(18-12)11-17(2)15(10-16)13-6-4-3-5-7-13/h3-9,15H,10-11,16H2,1-2H3. The number of likely N-dealkylation sites (N-methyl/N-ethyl adjacent to an activating group) is 1. The Morgan fingerprint density at radius 1 is 1.17 bits per heavy atom. The van der Waals surface area contributed by atoms with Crippen molar-refractivity contribution >= 4 is 0 Å². The largest absolute Gasteiger partial charge is 0.465 e. The fourth-order valence-electron chi connectivity index (χ4n) is 2.17. The third-order valence-corrected chi connectivity index (χ3v) is 3.14. The summed E-state index contributed by atoms with van der Waals surface area (Å²) in [5, 5.41) is 0. The van der Waals surface area contributed by atoms with Crippen molar-refractivity contribution in [2.24, 2.45) is 5.73 Å². The first-order chi connectivity index (χ1) is 8.70. The summed E-state index contributed by atoms with van der Waals surface area (Å²) in [6.07, 6.45) is 0. The first-order valence-corrected chi connectivity index (χ1v) is 6.21.